The van der Waals surface area contributed by atoms with Gasteiger partial charge in [0.1, 0.15) is 11.6 Å². The second-order valence-electron chi connectivity index (χ2n) is 11.8. The van der Waals surface area contributed by atoms with Crippen molar-refractivity contribution in [1.82, 2.24) is 15.1 Å². The summed E-state index contributed by atoms with van der Waals surface area (Å²) in [7, 11) is 0. The zero-order valence-electron chi connectivity index (χ0n) is 22.1. The number of carbonyl (C=O) groups is 1. The molecular weight excluding hydrogens is 468 g/mol. The highest BCUT2D eigenvalue weighted by Crippen LogP contribution is 2.69. The molecule has 3 aromatic rings. The van der Waals surface area contributed by atoms with Crippen LogP contribution < -0.4 is 5.32 Å². The Balaban J connectivity index is 0.000000155. The van der Waals surface area contributed by atoms with Crippen LogP contribution in [-0.2, 0) is 12.8 Å². The number of benzene rings is 2. The lowest BCUT2D eigenvalue weighted by Gasteiger charge is -2.21. The van der Waals surface area contributed by atoms with E-state index < -0.39 is 5.82 Å². The van der Waals surface area contributed by atoms with Gasteiger partial charge in [-0.25, -0.2) is 13.5 Å². The molecule has 4 nitrogen and oxygen atoms in total. The summed E-state index contributed by atoms with van der Waals surface area (Å²) in [6.45, 7) is 8.51. The Kier molecular flexibility index (Phi) is 6.55. The van der Waals surface area contributed by atoms with Crippen molar-refractivity contribution in [1.29, 1.82) is 0 Å². The quantitative estimate of drug-likeness (QED) is 0.420. The summed E-state index contributed by atoms with van der Waals surface area (Å²) in [4.78, 5) is 11.9. The van der Waals surface area contributed by atoms with Crippen LogP contribution in [0.2, 0.25) is 0 Å². The lowest BCUT2D eigenvalue weighted by molar-refractivity contribution is 0.0934. The number of rotatable bonds is 4. The molecule has 2 unspecified atom stereocenters. The zero-order valence-corrected chi connectivity index (χ0v) is 22.1. The first-order valence-electron chi connectivity index (χ1n) is 13.2. The van der Waals surface area contributed by atoms with Crippen LogP contribution in [0, 0.1) is 28.4 Å². The van der Waals surface area contributed by atoms with Crippen molar-refractivity contribution in [3.05, 3.63) is 88.3 Å². The van der Waals surface area contributed by atoms with Gasteiger partial charge in [0.05, 0.1) is 23.1 Å². The number of nitrogens with zero attached hydrogens (tertiary/aromatic N) is 2. The summed E-state index contributed by atoms with van der Waals surface area (Å²) in [5.74, 6) is -0.0506. The van der Waals surface area contributed by atoms with E-state index in [9.17, 15) is 13.6 Å². The molecule has 2 atom stereocenters. The normalized spacial score (nSPS) is 21.1. The third-order valence-electron chi connectivity index (χ3n) is 7.90. The smallest absolute Gasteiger partial charge is 0.254 e. The molecule has 1 N–H and O–H groups in total. The molecule has 1 amide bonds. The third kappa shape index (κ3) is 4.98. The minimum absolute atomic E-state index is 0.00665. The summed E-state index contributed by atoms with van der Waals surface area (Å²) in [5.41, 5.74) is 6.53. The molecule has 2 aromatic carbocycles. The Morgan fingerprint density at radius 1 is 1.16 bits per heavy atom. The molecule has 194 valence electrons. The van der Waals surface area contributed by atoms with Gasteiger partial charge in [0.2, 0.25) is 0 Å². The number of halogens is 2. The molecule has 1 aromatic heterocycles. The first-order chi connectivity index (χ1) is 17.6. The van der Waals surface area contributed by atoms with E-state index in [1.54, 1.807) is 29.8 Å². The molecule has 2 fully saturated rings. The second-order valence-corrected chi connectivity index (χ2v) is 11.8. The predicted octanol–water partition coefficient (Wildman–Crippen LogP) is 6.92. The van der Waals surface area contributed by atoms with Crippen LogP contribution >= 0.6 is 0 Å². The van der Waals surface area contributed by atoms with Crippen LogP contribution in [0.25, 0.3) is 11.8 Å². The number of carbonyl (C=O) groups excluding carboxylic acids is 1. The molecule has 3 aliphatic carbocycles. The van der Waals surface area contributed by atoms with Crippen LogP contribution in [0.4, 0.5) is 8.78 Å². The number of fused-ring (bicyclic) bond motifs is 1. The average molecular weight is 504 g/mol. The molecular formula is C31H35F2N3O. The van der Waals surface area contributed by atoms with Crippen LogP contribution in [0.3, 0.4) is 0 Å². The zero-order chi connectivity index (χ0) is 26.4. The number of hydrogen-bond donors (Lipinski definition) is 1. The minimum Gasteiger partial charge on any atom is -0.351 e. The Bertz CT molecular complexity index is 1350. The topological polar surface area (TPSA) is 46.9 Å². The van der Waals surface area contributed by atoms with Crippen molar-refractivity contribution in [2.75, 3.05) is 6.54 Å². The molecule has 0 bridgehead atoms. The van der Waals surface area contributed by atoms with Gasteiger partial charge < -0.3 is 5.32 Å². The molecule has 0 radical (unpaired) electrons. The van der Waals surface area contributed by atoms with E-state index in [2.05, 4.69) is 16.5 Å². The molecule has 2 saturated carbocycles. The standard InChI is InChI=1S/C17H15FN2.C14H20FNO/c18-14-3-5-15(6-4-14)20-16-7-12-1-2-13-9-17(12,13)8-11(16)10-19-20;1-5-10-7-6-8-11(15)12(10)13(17)16-9-14(2,3)4/h3-7,10,13H,1-2,8-9H2;6-8H,5,9H2,1-4H3,(H,16,17). The maximum Gasteiger partial charge on any atom is 0.254 e. The van der Waals surface area contributed by atoms with E-state index in [1.165, 1.54) is 48.7 Å². The Hall–Kier alpha value is -3.28. The van der Waals surface area contributed by atoms with E-state index in [-0.39, 0.29) is 22.7 Å². The van der Waals surface area contributed by atoms with Crippen molar-refractivity contribution in [2.45, 2.75) is 59.8 Å². The van der Waals surface area contributed by atoms with Gasteiger partial charge in [0, 0.05) is 6.54 Å². The number of hydrogen-bond acceptors (Lipinski definition) is 2. The number of nitrogens with one attached hydrogen (secondary N) is 1. The maximum absolute atomic E-state index is 13.6. The van der Waals surface area contributed by atoms with Crippen molar-refractivity contribution >= 4 is 12.0 Å². The van der Waals surface area contributed by atoms with E-state index in [1.807, 2.05) is 38.6 Å². The first kappa shape index (κ1) is 25.4. The second kappa shape index (κ2) is 9.55. The molecule has 0 aliphatic heterocycles. The highest BCUT2D eigenvalue weighted by Gasteiger charge is 2.60. The van der Waals surface area contributed by atoms with Crippen LogP contribution in [0.15, 0.2) is 54.2 Å². The van der Waals surface area contributed by atoms with Gasteiger partial charge in [-0.2, -0.15) is 5.10 Å². The summed E-state index contributed by atoms with van der Waals surface area (Å²) < 4.78 is 28.7. The number of aromatic nitrogens is 2. The maximum atomic E-state index is 13.6. The molecule has 0 saturated heterocycles. The number of amides is 1. The lowest BCUT2D eigenvalue weighted by atomic mass is 9.84. The van der Waals surface area contributed by atoms with Gasteiger partial charge >= 0.3 is 0 Å². The fraction of sp³-hybridized carbons (Fsp3) is 0.419. The summed E-state index contributed by atoms with van der Waals surface area (Å²) in [6, 6.07) is 11.3. The van der Waals surface area contributed by atoms with E-state index in [4.69, 9.17) is 0 Å². The first-order valence-corrected chi connectivity index (χ1v) is 13.2. The van der Waals surface area contributed by atoms with Gasteiger partial charge in [0.15, 0.2) is 0 Å². The molecule has 6 rings (SSSR count). The molecule has 6 heteroatoms. The molecule has 1 spiro atoms. The number of aryl methyl sites for hydroxylation is 1. The molecule has 3 aliphatic rings. The van der Waals surface area contributed by atoms with Gasteiger partial charge in [-0.15, -0.1) is 0 Å². The summed E-state index contributed by atoms with van der Waals surface area (Å²) in [6.07, 6.45) is 10.1. The van der Waals surface area contributed by atoms with Gasteiger partial charge in [-0.05, 0) is 96.4 Å². The summed E-state index contributed by atoms with van der Waals surface area (Å²) in [5, 5.41) is 7.30. The molecule has 37 heavy (non-hydrogen) atoms. The van der Waals surface area contributed by atoms with E-state index >= 15 is 0 Å². The summed E-state index contributed by atoms with van der Waals surface area (Å²) >= 11 is 0. The molecule has 1 heterocycles. The van der Waals surface area contributed by atoms with E-state index in [0.717, 1.165) is 23.6 Å². The van der Waals surface area contributed by atoms with Crippen molar-refractivity contribution in [3.8, 4) is 5.69 Å². The third-order valence-corrected chi connectivity index (χ3v) is 7.90. The predicted molar refractivity (Wildman–Crippen MR) is 143 cm³/mol. The van der Waals surface area contributed by atoms with E-state index in [0.29, 0.717) is 18.4 Å². The van der Waals surface area contributed by atoms with Gasteiger partial charge in [-0.1, -0.05) is 45.4 Å². The van der Waals surface area contributed by atoms with Crippen LogP contribution in [-0.4, -0.2) is 22.2 Å². The highest BCUT2D eigenvalue weighted by molar-refractivity contribution is 5.96. The number of allylic oxidation sites excluding steroid dienone is 1. The Morgan fingerprint density at radius 3 is 2.59 bits per heavy atom. The lowest BCUT2D eigenvalue weighted by Crippen LogP contribution is -2.33. The van der Waals surface area contributed by atoms with Gasteiger partial charge in [0.25, 0.3) is 5.91 Å². The average Bonchev–Trinajstić information content (AvgIpc) is 3.21. The van der Waals surface area contributed by atoms with Crippen molar-refractivity contribution in [2.24, 2.45) is 16.7 Å². The minimum atomic E-state index is -0.448. The Morgan fingerprint density at radius 2 is 1.92 bits per heavy atom. The fourth-order valence-electron chi connectivity index (χ4n) is 5.80. The largest absolute Gasteiger partial charge is 0.351 e. The monoisotopic (exact) mass is 503 g/mol. The van der Waals surface area contributed by atoms with Crippen molar-refractivity contribution in [3.63, 3.8) is 0 Å². The SMILES string of the molecule is CCc1cccc(F)c1C(=O)NCC(C)(C)C.Fc1ccc(-n2ncc3c2C=C2CCC4CC24C3)cc1. The van der Waals surface area contributed by atoms with Crippen molar-refractivity contribution < 1.29 is 13.6 Å². The highest BCUT2D eigenvalue weighted by atomic mass is 19.1. The fourth-order valence-corrected chi connectivity index (χ4v) is 5.80. The van der Waals surface area contributed by atoms with Gasteiger partial charge in [-0.3, -0.25) is 4.79 Å². The van der Waals surface area contributed by atoms with Crippen LogP contribution in [0.1, 0.15) is 74.1 Å². The Labute approximate surface area is 217 Å². The van der Waals surface area contributed by atoms with Crippen LogP contribution in [0.5, 0.6) is 0 Å².